The highest BCUT2D eigenvalue weighted by Crippen LogP contribution is 2.29. The molecule has 2 aliphatic heterocycles. The third-order valence-electron chi connectivity index (χ3n) is 5.67. The molecule has 7 nitrogen and oxygen atoms in total. The lowest BCUT2D eigenvalue weighted by molar-refractivity contribution is 0.140. The molecule has 0 aromatic carbocycles. The Morgan fingerprint density at radius 1 is 1.31 bits per heavy atom. The fourth-order valence-electron chi connectivity index (χ4n) is 3.89. The maximum absolute atomic E-state index is 11.9. The number of rotatable bonds is 7. The van der Waals surface area contributed by atoms with Crippen molar-refractivity contribution in [1.82, 2.24) is 19.8 Å². The number of likely N-dealkylation sites (tertiary alicyclic amines) is 1. The molecule has 3 heterocycles. The van der Waals surface area contributed by atoms with Crippen LogP contribution in [0, 0.1) is 5.92 Å². The van der Waals surface area contributed by atoms with Crippen LogP contribution >= 0.6 is 35.3 Å². The van der Waals surface area contributed by atoms with Gasteiger partial charge in [0.25, 0.3) is 0 Å². The van der Waals surface area contributed by atoms with E-state index in [1.165, 1.54) is 17.7 Å². The molecule has 166 valence electrons. The summed E-state index contributed by atoms with van der Waals surface area (Å²) in [5, 5.41) is 8.85. The van der Waals surface area contributed by atoms with Crippen molar-refractivity contribution >= 4 is 51.3 Å². The molecule has 0 bridgehead atoms. The maximum atomic E-state index is 11.9. The summed E-state index contributed by atoms with van der Waals surface area (Å²) in [4.78, 5) is 8.26. The van der Waals surface area contributed by atoms with Gasteiger partial charge in [-0.3, -0.25) is 9.89 Å². The van der Waals surface area contributed by atoms with Crippen LogP contribution in [0.3, 0.4) is 0 Å². The molecule has 10 heteroatoms. The van der Waals surface area contributed by atoms with Gasteiger partial charge in [0.05, 0.1) is 11.8 Å². The summed E-state index contributed by atoms with van der Waals surface area (Å²) in [7, 11) is -1.28. The average molecular weight is 556 g/mol. The van der Waals surface area contributed by atoms with Gasteiger partial charge in [-0.1, -0.05) is 13.0 Å². The first-order valence-corrected chi connectivity index (χ1v) is 12.7. The summed E-state index contributed by atoms with van der Waals surface area (Å²) < 4.78 is 25.4. The normalized spacial score (nSPS) is 22.2. The van der Waals surface area contributed by atoms with Crippen LogP contribution in [-0.4, -0.2) is 75.7 Å². The molecule has 0 saturated carbocycles. The van der Waals surface area contributed by atoms with E-state index in [2.05, 4.69) is 45.0 Å². The second-order valence-electron chi connectivity index (χ2n) is 7.70. The van der Waals surface area contributed by atoms with Crippen LogP contribution in [0.2, 0.25) is 0 Å². The molecule has 1 unspecified atom stereocenters. The lowest BCUT2D eigenvalue weighted by Crippen LogP contribution is -2.46. The molecule has 0 spiro atoms. The van der Waals surface area contributed by atoms with Gasteiger partial charge in [-0.05, 0) is 49.7 Å². The topological polar surface area (TPSA) is 77.0 Å². The van der Waals surface area contributed by atoms with Gasteiger partial charge < -0.3 is 10.6 Å². The molecular formula is C19H34IN5O2S2. The van der Waals surface area contributed by atoms with E-state index in [9.17, 15) is 8.42 Å². The number of aliphatic imine (C=N–C) groups is 1. The Morgan fingerprint density at radius 2 is 2.07 bits per heavy atom. The zero-order chi connectivity index (χ0) is 20.0. The van der Waals surface area contributed by atoms with Crippen molar-refractivity contribution in [3.05, 3.63) is 22.4 Å². The standard InChI is InChI=1S/C19H33N5O2S2.HI/c1-16-6-10-23(11-7-16)17(18-5-3-13-27-18)15-22-19(20-2)21-8-12-24-9-4-14-28(24,25)26;/h3,5,13,16-17H,4,6-12,14-15H2,1-2H3,(H2,20,21,22);1H. The van der Waals surface area contributed by atoms with E-state index in [0.717, 1.165) is 37.9 Å². The monoisotopic (exact) mass is 555 g/mol. The summed E-state index contributed by atoms with van der Waals surface area (Å²) in [5.41, 5.74) is 0. The average Bonchev–Trinajstić information content (AvgIpc) is 3.31. The van der Waals surface area contributed by atoms with E-state index in [0.29, 0.717) is 25.7 Å². The van der Waals surface area contributed by atoms with Gasteiger partial charge in [-0.25, -0.2) is 12.7 Å². The summed E-state index contributed by atoms with van der Waals surface area (Å²) >= 11 is 1.80. The lowest BCUT2D eigenvalue weighted by atomic mass is 9.97. The van der Waals surface area contributed by atoms with Crippen molar-refractivity contribution in [3.63, 3.8) is 0 Å². The maximum Gasteiger partial charge on any atom is 0.214 e. The van der Waals surface area contributed by atoms with Crippen LogP contribution in [0.15, 0.2) is 22.5 Å². The van der Waals surface area contributed by atoms with Gasteiger partial charge in [-0.15, -0.1) is 35.3 Å². The lowest BCUT2D eigenvalue weighted by Gasteiger charge is -2.36. The van der Waals surface area contributed by atoms with Crippen molar-refractivity contribution in [2.75, 3.05) is 52.1 Å². The van der Waals surface area contributed by atoms with Crippen molar-refractivity contribution in [1.29, 1.82) is 0 Å². The molecule has 29 heavy (non-hydrogen) atoms. The predicted molar refractivity (Wildman–Crippen MR) is 132 cm³/mol. The number of nitrogens with one attached hydrogen (secondary N) is 2. The van der Waals surface area contributed by atoms with E-state index in [1.54, 1.807) is 22.7 Å². The molecule has 1 atom stereocenters. The molecular weight excluding hydrogens is 521 g/mol. The predicted octanol–water partition coefficient (Wildman–Crippen LogP) is 2.34. The minimum absolute atomic E-state index is 0. The Labute approximate surface area is 196 Å². The number of hydrogen-bond donors (Lipinski definition) is 2. The molecule has 2 aliphatic rings. The molecule has 2 saturated heterocycles. The third-order valence-corrected chi connectivity index (χ3v) is 8.60. The molecule has 2 fully saturated rings. The van der Waals surface area contributed by atoms with E-state index in [1.807, 2.05) is 0 Å². The molecule has 1 aromatic heterocycles. The summed E-state index contributed by atoms with van der Waals surface area (Å²) in [6, 6.07) is 4.66. The molecule has 2 N–H and O–H groups in total. The van der Waals surface area contributed by atoms with E-state index in [4.69, 9.17) is 0 Å². The Kier molecular flexibility index (Phi) is 10.1. The number of sulfonamides is 1. The van der Waals surface area contributed by atoms with E-state index in [-0.39, 0.29) is 29.7 Å². The smallest absolute Gasteiger partial charge is 0.214 e. The van der Waals surface area contributed by atoms with Gasteiger partial charge in [0.15, 0.2) is 5.96 Å². The van der Waals surface area contributed by atoms with Crippen molar-refractivity contribution in [2.45, 2.75) is 32.2 Å². The highest BCUT2D eigenvalue weighted by atomic mass is 127. The molecule has 3 rings (SSSR count). The first kappa shape index (κ1) is 24.8. The third kappa shape index (κ3) is 7.05. The number of nitrogens with zero attached hydrogens (tertiary/aromatic N) is 3. The molecule has 0 aliphatic carbocycles. The number of piperidine rings is 1. The highest BCUT2D eigenvalue weighted by molar-refractivity contribution is 14.0. The fourth-order valence-corrected chi connectivity index (χ4v) is 6.28. The first-order valence-electron chi connectivity index (χ1n) is 10.2. The second-order valence-corrected chi connectivity index (χ2v) is 10.8. The van der Waals surface area contributed by atoms with Crippen LogP contribution in [0.4, 0.5) is 0 Å². The number of guanidine groups is 1. The molecule has 1 aromatic rings. The molecule has 0 amide bonds. The van der Waals surface area contributed by atoms with Gasteiger partial charge in [0.2, 0.25) is 10.0 Å². The van der Waals surface area contributed by atoms with Crippen LogP contribution < -0.4 is 10.6 Å². The second kappa shape index (κ2) is 11.8. The van der Waals surface area contributed by atoms with Crippen LogP contribution in [0.25, 0.3) is 0 Å². The van der Waals surface area contributed by atoms with E-state index < -0.39 is 10.0 Å². The van der Waals surface area contributed by atoms with Crippen LogP contribution in [-0.2, 0) is 10.0 Å². The first-order chi connectivity index (χ1) is 13.5. The number of halogens is 1. The summed E-state index contributed by atoms with van der Waals surface area (Å²) in [5.74, 6) is 1.81. The van der Waals surface area contributed by atoms with Gasteiger partial charge in [0.1, 0.15) is 0 Å². The van der Waals surface area contributed by atoms with Crippen molar-refractivity contribution < 1.29 is 8.42 Å². The highest BCUT2D eigenvalue weighted by Gasteiger charge is 2.28. The van der Waals surface area contributed by atoms with Crippen LogP contribution in [0.1, 0.15) is 37.1 Å². The minimum atomic E-state index is -3.04. The quantitative estimate of drug-likeness (QED) is 0.307. The summed E-state index contributed by atoms with van der Waals surface area (Å²) in [6.07, 6.45) is 3.23. The van der Waals surface area contributed by atoms with Gasteiger partial charge >= 0.3 is 0 Å². The number of thiophene rings is 1. The minimum Gasteiger partial charge on any atom is -0.355 e. The zero-order valence-corrected chi connectivity index (χ0v) is 21.3. The Bertz CT molecular complexity index is 734. The molecule has 0 radical (unpaired) electrons. The van der Waals surface area contributed by atoms with Crippen LogP contribution in [0.5, 0.6) is 0 Å². The number of hydrogen-bond acceptors (Lipinski definition) is 5. The van der Waals surface area contributed by atoms with Gasteiger partial charge in [-0.2, -0.15) is 0 Å². The van der Waals surface area contributed by atoms with E-state index >= 15 is 0 Å². The van der Waals surface area contributed by atoms with Crippen molar-refractivity contribution in [2.24, 2.45) is 10.9 Å². The Balaban J connectivity index is 0.00000300. The SMILES string of the molecule is CN=C(NCCN1CCCS1(=O)=O)NCC(c1cccs1)N1CCC(C)CC1.I. The fraction of sp³-hybridized carbons (Fsp3) is 0.737. The largest absolute Gasteiger partial charge is 0.355 e. The Hall–Kier alpha value is -0.430. The zero-order valence-electron chi connectivity index (χ0n) is 17.3. The summed E-state index contributed by atoms with van der Waals surface area (Å²) in [6.45, 7) is 7.06. The van der Waals surface area contributed by atoms with Crippen molar-refractivity contribution in [3.8, 4) is 0 Å². The Morgan fingerprint density at radius 3 is 2.66 bits per heavy atom. The van der Waals surface area contributed by atoms with Gasteiger partial charge in [0, 0.05) is 38.1 Å².